The molecule has 0 saturated heterocycles. The molecular formula is C16H18O2. The highest BCUT2D eigenvalue weighted by Crippen LogP contribution is 2.29. The lowest BCUT2D eigenvalue weighted by Crippen LogP contribution is -2.00. The minimum Gasteiger partial charge on any atom is -0.497 e. The Labute approximate surface area is 108 Å². The predicted octanol–water partition coefficient (Wildman–Crippen LogP) is 3.46. The van der Waals surface area contributed by atoms with Gasteiger partial charge in [0.2, 0.25) is 0 Å². The molecule has 0 spiro atoms. The van der Waals surface area contributed by atoms with Gasteiger partial charge in [-0.2, -0.15) is 0 Å². The topological polar surface area (TPSA) is 29.5 Å². The minimum atomic E-state index is 0.113. The van der Waals surface area contributed by atoms with Gasteiger partial charge in [-0.3, -0.25) is 0 Å². The largest absolute Gasteiger partial charge is 0.497 e. The Bertz CT molecular complexity index is 506. The molecule has 0 amide bonds. The number of ether oxygens (including phenoxy) is 1. The van der Waals surface area contributed by atoms with E-state index in [1.807, 2.05) is 37.3 Å². The van der Waals surface area contributed by atoms with E-state index in [0.29, 0.717) is 0 Å². The van der Waals surface area contributed by atoms with Crippen LogP contribution in [0.1, 0.15) is 18.4 Å². The van der Waals surface area contributed by atoms with Gasteiger partial charge in [0, 0.05) is 12.5 Å². The Morgan fingerprint density at radius 1 is 1.06 bits per heavy atom. The molecule has 94 valence electrons. The summed E-state index contributed by atoms with van der Waals surface area (Å²) in [5.41, 5.74) is 3.36. The van der Waals surface area contributed by atoms with Gasteiger partial charge in [0.1, 0.15) is 5.75 Å². The van der Waals surface area contributed by atoms with Gasteiger partial charge in [-0.15, -0.1) is 0 Å². The summed E-state index contributed by atoms with van der Waals surface area (Å²) in [6.45, 7) is 2.14. The van der Waals surface area contributed by atoms with Gasteiger partial charge < -0.3 is 9.84 Å². The number of hydrogen-bond acceptors (Lipinski definition) is 2. The SMILES string of the molecule is COc1cc(-c2ccccc2)cc([C@H](C)CO)c1. The number of benzene rings is 2. The van der Waals surface area contributed by atoms with Crippen LogP contribution in [0, 0.1) is 0 Å². The van der Waals surface area contributed by atoms with Crippen molar-refractivity contribution >= 4 is 0 Å². The molecule has 0 aliphatic carbocycles. The average Bonchev–Trinajstić information content (AvgIpc) is 2.46. The zero-order valence-corrected chi connectivity index (χ0v) is 10.8. The smallest absolute Gasteiger partial charge is 0.119 e. The number of aliphatic hydroxyl groups excluding tert-OH is 1. The summed E-state index contributed by atoms with van der Waals surface area (Å²) in [6.07, 6.45) is 0. The molecule has 2 rings (SSSR count). The first-order valence-corrected chi connectivity index (χ1v) is 6.10. The van der Waals surface area contributed by atoms with E-state index in [1.54, 1.807) is 7.11 Å². The number of hydrogen-bond donors (Lipinski definition) is 1. The minimum absolute atomic E-state index is 0.113. The third-order valence-corrected chi connectivity index (χ3v) is 3.11. The van der Waals surface area contributed by atoms with Crippen molar-refractivity contribution in [3.63, 3.8) is 0 Å². The van der Waals surface area contributed by atoms with Crippen LogP contribution in [0.2, 0.25) is 0 Å². The third-order valence-electron chi connectivity index (χ3n) is 3.11. The normalized spacial score (nSPS) is 12.2. The first-order chi connectivity index (χ1) is 8.74. The quantitative estimate of drug-likeness (QED) is 0.889. The van der Waals surface area contributed by atoms with Crippen molar-refractivity contribution in [2.24, 2.45) is 0 Å². The van der Waals surface area contributed by atoms with Gasteiger partial charge in [0.05, 0.1) is 7.11 Å². The van der Waals surface area contributed by atoms with Crippen molar-refractivity contribution < 1.29 is 9.84 Å². The molecule has 1 atom stereocenters. The van der Waals surface area contributed by atoms with E-state index >= 15 is 0 Å². The summed E-state index contributed by atoms with van der Waals surface area (Å²) in [5, 5.41) is 9.27. The first kappa shape index (κ1) is 12.7. The molecule has 0 unspecified atom stereocenters. The van der Waals surface area contributed by atoms with E-state index in [0.717, 1.165) is 22.4 Å². The van der Waals surface area contributed by atoms with Gasteiger partial charge in [-0.1, -0.05) is 43.3 Å². The number of aliphatic hydroxyl groups is 1. The maximum atomic E-state index is 9.27. The van der Waals surface area contributed by atoms with E-state index in [1.165, 1.54) is 0 Å². The molecule has 0 bridgehead atoms. The lowest BCUT2D eigenvalue weighted by molar-refractivity contribution is 0.273. The standard InChI is InChI=1S/C16H18O2/c1-12(11-17)14-8-15(10-16(9-14)18-2)13-6-4-3-5-7-13/h3-10,12,17H,11H2,1-2H3/t12-/m1/s1. The Morgan fingerprint density at radius 2 is 1.78 bits per heavy atom. The van der Waals surface area contributed by atoms with Crippen molar-refractivity contribution in [1.29, 1.82) is 0 Å². The van der Waals surface area contributed by atoms with Crippen molar-refractivity contribution in [3.05, 3.63) is 54.1 Å². The van der Waals surface area contributed by atoms with Crippen LogP contribution in [0.4, 0.5) is 0 Å². The van der Waals surface area contributed by atoms with Crippen LogP contribution in [0.15, 0.2) is 48.5 Å². The highest BCUT2D eigenvalue weighted by Gasteiger charge is 2.08. The molecule has 18 heavy (non-hydrogen) atoms. The van der Waals surface area contributed by atoms with Gasteiger partial charge in [0.25, 0.3) is 0 Å². The van der Waals surface area contributed by atoms with E-state index in [4.69, 9.17) is 4.74 Å². The summed E-state index contributed by atoms with van der Waals surface area (Å²) in [6, 6.07) is 16.3. The van der Waals surface area contributed by atoms with Crippen LogP contribution in [0.3, 0.4) is 0 Å². The van der Waals surface area contributed by atoms with E-state index in [2.05, 4.69) is 18.2 Å². The molecule has 0 fully saturated rings. The van der Waals surface area contributed by atoms with Gasteiger partial charge in [-0.05, 0) is 28.8 Å². The fourth-order valence-electron chi connectivity index (χ4n) is 1.93. The van der Waals surface area contributed by atoms with E-state index in [9.17, 15) is 5.11 Å². The zero-order chi connectivity index (χ0) is 13.0. The first-order valence-electron chi connectivity index (χ1n) is 6.10. The summed E-state index contributed by atoms with van der Waals surface area (Å²) >= 11 is 0. The van der Waals surface area contributed by atoms with Crippen molar-refractivity contribution in [2.75, 3.05) is 13.7 Å². The summed E-state index contributed by atoms with van der Waals surface area (Å²) in [4.78, 5) is 0. The molecular weight excluding hydrogens is 224 g/mol. The van der Waals surface area contributed by atoms with Gasteiger partial charge in [-0.25, -0.2) is 0 Å². The zero-order valence-electron chi connectivity index (χ0n) is 10.8. The van der Waals surface area contributed by atoms with Crippen LogP contribution in [-0.2, 0) is 0 Å². The molecule has 2 aromatic carbocycles. The van der Waals surface area contributed by atoms with Crippen LogP contribution in [0.25, 0.3) is 11.1 Å². The number of methoxy groups -OCH3 is 1. The van der Waals surface area contributed by atoms with Crippen LogP contribution >= 0.6 is 0 Å². The van der Waals surface area contributed by atoms with Crippen molar-refractivity contribution in [3.8, 4) is 16.9 Å². The second-order valence-electron chi connectivity index (χ2n) is 4.44. The summed E-state index contributed by atoms with van der Waals surface area (Å²) < 4.78 is 5.33. The summed E-state index contributed by atoms with van der Waals surface area (Å²) in [7, 11) is 1.66. The Hall–Kier alpha value is -1.80. The molecule has 1 N–H and O–H groups in total. The van der Waals surface area contributed by atoms with E-state index in [-0.39, 0.29) is 12.5 Å². The van der Waals surface area contributed by atoms with Gasteiger partial charge in [0.15, 0.2) is 0 Å². The van der Waals surface area contributed by atoms with Crippen LogP contribution in [-0.4, -0.2) is 18.8 Å². The maximum Gasteiger partial charge on any atom is 0.119 e. The van der Waals surface area contributed by atoms with E-state index < -0.39 is 0 Å². The Morgan fingerprint density at radius 3 is 2.39 bits per heavy atom. The second-order valence-corrected chi connectivity index (χ2v) is 4.44. The van der Waals surface area contributed by atoms with Crippen molar-refractivity contribution in [2.45, 2.75) is 12.8 Å². The lowest BCUT2D eigenvalue weighted by Gasteiger charge is -2.13. The molecule has 0 radical (unpaired) electrons. The highest BCUT2D eigenvalue weighted by molar-refractivity contribution is 5.66. The molecule has 0 aromatic heterocycles. The molecule has 2 aromatic rings. The van der Waals surface area contributed by atoms with Gasteiger partial charge >= 0.3 is 0 Å². The highest BCUT2D eigenvalue weighted by atomic mass is 16.5. The average molecular weight is 242 g/mol. The predicted molar refractivity (Wildman–Crippen MR) is 73.9 cm³/mol. The monoisotopic (exact) mass is 242 g/mol. The molecule has 0 aliphatic heterocycles. The summed E-state index contributed by atoms with van der Waals surface area (Å²) in [5.74, 6) is 0.939. The fourth-order valence-corrected chi connectivity index (χ4v) is 1.93. The Balaban J connectivity index is 2.48. The fraction of sp³-hybridized carbons (Fsp3) is 0.250. The Kier molecular flexibility index (Phi) is 4.00. The molecule has 0 aliphatic rings. The molecule has 0 heterocycles. The van der Waals surface area contributed by atoms with Crippen molar-refractivity contribution in [1.82, 2.24) is 0 Å². The van der Waals surface area contributed by atoms with Crippen LogP contribution in [0.5, 0.6) is 5.75 Å². The molecule has 0 saturated carbocycles. The third kappa shape index (κ3) is 2.71. The lowest BCUT2D eigenvalue weighted by atomic mass is 9.96. The molecule has 2 heteroatoms. The number of rotatable bonds is 4. The molecule has 2 nitrogen and oxygen atoms in total. The van der Waals surface area contributed by atoms with Crippen LogP contribution < -0.4 is 4.74 Å². The second kappa shape index (κ2) is 5.69. The maximum absolute atomic E-state index is 9.27.